The molecule has 164 valence electrons. The standard InChI is InChI=1S/C22H24N2O6S/c1-14-8-10-18(11-9-14)31(27,28)24-16(3)22(26)29-13-21(25)23-15(2)20-12-17-6-4-5-7-19(17)30-20/h4-12,15-16,24H,13H2,1-3H3,(H,23,25)/t15-,16-/m0/s1. The van der Waals surface area contributed by atoms with Crippen LogP contribution in [0, 0.1) is 6.92 Å². The predicted molar refractivity (Wildman–Crippen MR) is 115 cm³/mol. The zero-order valence-corrected chi connectivity index (χ0v) is 18.2. The van der Waals surface area contributed by atoms with Gasteiger partial charge in [0.25, 0.3) is 5.91 Å². The molecule has 0 bridgehead atoms. The highest BCUT2D eigenvalue weighted by molar-refractivity contribution is 7.89. The van der Waals surface area contributed by atoms with Crippen molar-refractivity contribution in [2.75, 3.05) is 6.61 Å². The van der Waals surface area contributed by atoms with Crippen molar-refractivity contribution in [1.82, 2.24) is 10.0 Å². The average Bonchev–Trinajstić information content (AvgIpc) is 3.16. The summed E-state index contributed by atoms with van der Waals surface area (Å²) in [7, 11) is -3.89. The molecule has 2 aromatic carbocycles. The summed E-state index contributed by atoms with van der Waals surface area (Å²) < 4.78 is 37.6. The fraction of sp³-hybridized carbons (Fsp3) is 0.273. The second kappa shape index (κ2) is 9.32. The van der Waals surface area contributed by atoms with Crippen molar-refractivity contribution in [2.45, 2.75) is 37.8 Å². The van der Waals surface area contributed by atoms with Gasteiger partial charge in [0.15, 0.2) is 6.61 Å². The van der Waals surface area contributed by atoms with E-state index in [1.165, 1.54) is 19.1 Å². The van der Waals surface area contributed by atoms with E-state index in [1.54, 1.807) is 19.1 Å². The Balaban J connectivity index is 1.50. The van der Waals surface area contributed by atoms with Crippen molar-refractivity contribution in [2.24, 2.45) is 0 Å². The number of para-hydroxylation sites is 1. The third kappa shape index (κ3) is 5.71. The van der Waals surface area contributed by atoms with E-state index in [0.29, 0.717) is 11.3 Å². The number of fused-ring (bicyclic) bond motifs is 1. The van der Waals surface area contributed by atoms with Crippen molar-refractivity contribution in [3.05, 3.63) is 65.9 Å². The van der Waals surface area contributed by atoms with Gasteiger partial charge in [-0.05, 0) is 45.0 Å². The summed E-state index contributed by atoms with van der Waals surface area (Å²) in [5, 5.41) is 3.60. The van der Waals surface area contributed by atoms with Crippen LogP contribution >= 0.6 is 0 Å². The molecule has 3 aromatic rings. The van der Waals surface area contributed by atoms with E-state index in [9.17, 15) is 18.0 Å². The molecule has 2 atom stereocenters. The first-order valence-electron chi connectivity index (χ1n) is 9.69. The van der Waals surface area contributed by atoms with Gasteiger partial charge in [-0.15, -0.1) is 0 Å². The summed E-state index contributed by atoms with van der Waals surface area (Å²) in [6.07, 6.45) is 0. The van der Waals surface area contributed by atoms with E-state index in [2.05, 4.69) is 10.0 Å². The van der Waals surface area contributed by atoms with Crippen LogP contribution in [-0.2, 0) is 24.3 Å². The van der Waals surface area contributed by atoms with Crippen LogP contribution in [-0.4, -0.2) is 32.9 Å². The van der Waals surface area contributed by atoms with Crippen molar-refractivity contribution in [3.63, 3.8) is 0 Å². The summed E-state index contributed by atoms with van der Waals surface area (Å²) >= 11 is 0. The van der Waals surface area contributed by atoms with Crippen LogP contribution in [0.4, 0.5) is 0 Å². The largest absolute Gasteiger partial charge is 0.459 e. The predicted octanol–water partition coefficient (Wildman–Crippen LogP) is 2.83. The molecule has 0 spiro atoms. The monoisotopic (exact) mass is 444 g/mol. The highest BCUT2D eigenvalue weighted by Gasteiger charge is 2.24. The highest BCUT2D eigenvalue weighted by atomic mass is 32.2. The van der Waals surface area contributed by atoms with Gasteiger partial charge in [0.2, 0.25) is 10.0 Å². The molecule has 0 unspecified atom stereocenters. The van der Waals surface area contributed by atoms with Crippen LogP contribution in [0.3, 0.4) is 0 Å². The Morgan fingerprint density at radius 1 is 1.06 bits per heavy atom. The fourth-order valence-electron chi connectivity index (χ4n) is 2.90. The van der Waals surface area contributed by atoms with Gasteiger partial charge in [0, 0.05) is 5.39 Å². The molecule has 8 nitrogen and oxygen atoms in total. The second-order valence-electron chi connectivity index (χ2n) is 7.24. The maximum absolute atomic E-state index is 12.4. The number of carbonyl (C=O) groups is 2. The van der Waals surface area contributed by atoms with Gasteiger partial charge in [-0.1, -0.05) is 35.9 Å². The molecule has 31 heavy (non-hydrogen) atoms. The van der Waals surface area contributed by atoms with Gasteiger partial charge in [-0.2, -0.15) is 4.72 Å². The number of sulfonamides is 1. The first kappa shape index (κ1) is 22.5. The van der Waals surface area contributed by atoms with E-state index in [4.69, 9.17) is 9.15 Å². The van der Waals surface area contributed by atoms with Crippen LogP contribution in [0.2, 0.25) is 0 Å². The number of hydrogen-bond donors (Lipinski definition) is 2. The Hall–Kier alpha value is -3.17. The number of carbonyl (C=O) groups excluding carboxylic acids is 2. The minimum atomic E-state index is -3.89. The first-order valence-corrected chi connectivity index (χ1v) is 11.2. The number of furan rings is 1. The maximum Gasteiger partial charge on any atom is 0.324 e. The summed E-state index contributed by atoms with van der Waals surface area (Å²) in [5.41, 5.74) is 1.62. The number of nitrogens with one attached hydrogen (secondary N) is 2. The lowest BCUT2D eigenvalue weighted by molar-refractivity contribution is -0.150. The third-order valence-corrected chi connectivity index (χ3v) is 6.17. The molecule has 1 amide bonds. The van der Waals surface area contributed by atoms with Crippen molar-refractivity contribution in [1.29, 1.82) is 0 Å². The summed E-state index contributed by atoms with van der Waals surface area (Å²) in [5.74, 6) is -0.822. The number of aryl methyl sites for hydroxylation is 1. The van der Waals surface area contributed by atoms with Gasteiger partial charge in [-0.3, -0.25) is 9.59 Å². The Kier molecular flexibility index (Phi) is 6.77. The van der Waals surface area contributed by atoms with Crippen LogP contribution < -0.4 is 10.0 Å². The molecule has 1 aromatic heterocycles. The van der Waals surface area contributed by atoms with E-state index < -0.39 is 40.6 Å². The molecule has 0 aliphatic heterocycles. The highest BCUT2D eigenvalue weighted by Crippen LogP contribution is 2.23. The van der Waals surface area contributed by atoms with Gasteiger partial charge in [0.05, 0.1) is 10.9 Å². The van der Waals surface area contributed by atoms with Crippen LogP contribution in [0.15, 0.2) is 63.9 Å². The van der Waals surface area contributed by atoms with E-state index in [1.807, 2.05) is 37.3 Å². The zero-order chi connectivity index (χ0) is 22.6. The van der Waals surface area contributed by atoms with E-state index in [0.717, 1.165) is 10.9 Å². The van der Waals surface area contributed by atoms with E-state index >= 15 is 0 Å². The second-order valence-corrected chi connectivity index (χ2v) is 8.95. The smallest absolute Gasteiger partial charge is 0.324 e. The van der Waals surface area contributed by atoms with Crippen LogP contribution in [0.1, 0.15) is 31.2 Å². The lowest BCUT2D eigenvalue weighted by atomic mass is 10.2. The molecular formula is C22H24N2O6S. The molecule has 0 aliphatic rings. The Morgan fingerprint density at radius 2 is 1.74 bits per heavy atom. The van der Waals surface area contributed by atoms with Crippen molar-refractivity contribution in [3.8, 4) is 0 Å². The summed E-state index contributed by atoms with van der Waals surface area (Å²) in [6.45, 7) is 4.39. The summed E-state index contributed by atoms with van der Waals surface area (Å²) in [4.78, 5) is 24.3. The number of benzene rings is 2. The molecule has 1 heterocycles. The summed E-state index contributed by atoms with van der Waals surface area (Å²) in [6, 6.07) is 13.9. The first-order chi connectivity index (χ1) is 14.7. The molecule has 9 heteroatoms. The van der Waals surface area contributed by atoms with Gasteiger partial charge < -0.3 is 14.5 Å². The molecule has 0 aliphatic carbocycles. The molecule has 0 saturated heterocycles. The normalized spacial score (nSPS) is 13.5. The van der Waals surface area contributed by atoms with E-state index in [-0.39, 0.29) is 4.90 Å². The minimum absolute atomic E-state index is 0.0372. The number of ether oxygens (including phenoxy) is 1. The lowest BCUT2D eigenvalue weighted by Gasteiger charge is -2.15. The minimum Gasteiger partial charge on any atom is -0.459 e. The molecule has 0 fully saturated rings. The molecule has 3 rings (SSSR count). The fourth-order valence-corrected chi connectivity index (χ4v) is 4.09. The maximum atomic E-state index is 12.4. The van der Waals surface area contributed by atoms with Crippen molar-refractivity contribution >= 4 is 32.9 Å². The molecule has 2 N–H and O–H groups in total. The molecule has 0 saturated carbocycles. The molecular weight excluding hydrogens is 420 g/mol. The number of amides is 1. The van der Waals surface area contributed by atoms with Gasteiger partial charge in [-0.25, -0.2) is 8.42 Å². The average molecular weight is 445 g/mol. The van der Waals surface area contributed by atoms with Gasteiger partial charge in [0.1, 0.15) is 17.4 Å². The number of esters is 1. The Labute approximate surface area is 180 Å². The lowest BCUT2D eigenvalue weighted by Crippen LogP contribution is -2.41. The Morgan fingerprint density at radius 3 is 2.42 bits per heavy atom. The van der Waals surface area contributed by atoms with Gasteiger partial charge >= 0.3 is 5.97 Å². The topological polar surface area (TPSA) is 115 Å². The van der Waals surface area contributed by atoms with Crippen molar-refractivity contribution < 1.29 is 27.2 Å². The number of hydrogen-bond acceptors (Lipinski definition) is 6. The molecule has 0 radical (unpaired) electrons. The number of rotatable bonds is 8. The third-order valence-electron chi connectivity index (χ3n) is 4.61. The Bertz CT molecular complexity index is 1150. The van der Waals surface area contributed by atoms with Crippen LogP contribution in [0.5, 0.6) is 0 Å². The van der Waals surface area contributed by atoms with Crippen LogP contribution in [0.25, 0.3) is 11.0 Å². The SMILES string of the molecule is Cc1ccc(S(=O)(=O)N[C@@H](C)C(=O)OCC(=O)N[C@@H](C)c2cc3ccccc3o2)cc1. The quantitative estimate of drug-likeness (QED) is 0.517. The zero-order valence-electron chi connectivity index (χ0n) is 17.4.